The lowest BCUT2D eigenvalue weighted by Gasteiger charge is -2.06. The van der Waals surface area contributed by atoms with E-state index in [1.54, 1.807) is 35.6 Å². The molecule has 0 saturated heterocycles. The molecule has 31 heavy (non-hydrogen) atoms. The molecule has 0 atom stereocenters. The first-order valence-corrected chi connectivity index (χ1v) is 9.85. The molecule has 0 saturated carbocycles. The second-order valence-corrected chi connectivity index (χ2v) is 7.80. The van der Waals surface area contributed by atoms with Crippen LogP contribution < -0.4 is 5.32 Å². The Labute approximate surface area is 179 Å². The van der Waals surface area contributed by atoms with E-state index in [9.17, 15) is 25.0 Å². The number of non-ortho nitro benzene ring substituents is 2. The summed E-state index contributed by atoms with van der Waals surface area (Å²) < 4.78 is 1.07. The molecule has 0 bridgehead atoms. The lowest BCUT2D eigenvalue weighted by Crippen LogP contribution is -2.12. The minimum atomic E-state index is -0.780. The number of nitro benzene ring substituents is 2. The molecule has 0 aliphatic rings. The van der Waals surface area contributed by atoms with Crippen LogP contribution in [-0.2, 0) is 0 Å². The number of carbonyl (C=O) groups is 1. The van der Waals surface area contributed by atoms with Crippen LogP contribution in [0, 0.1) is 27.2 Å². The Kier molecular flexibility index (Phi) is 5.14. The molecule has 154 valence electrons. The van der Waals surface area contributed by atoms with Gasteiger partial charge in [-0.15, -0.1) is 11.3 Å². The van der Waals surface area contributed by atoms with Crippen molar-refractivity contribution in [1.29, 1.82) is 0 Å². The maximum atomic E-state index is 12.5. The molecule has 0 spiro atoms. The van der Waals surface area contributed by atoms with Crippen molar-refractivity contribution in [3.63, 3.8) is 0 Å². The number of benzene rings is 3. The molecule has 0 radical (unpaired) electrons. The van der Waals surface area contributed by atoms with Crippen molar-refractivity contribution in [3.05, 3.63) is 92.0 Å². The van der Waals surface area contributed by atoms with E-state index in [1.807, 2.05) is 25.1 Å². The van der Waals surface area contributed by atoms with E-state index >= 15 is 0 Å². The number of aromatic nitrogens is 1. The van der Waals surface area contributed by atoms with Crippen LogP contribution in [0.25, 0.3) is 20.8 Å². The average Bonchev–Trinajstić information content (AvgIpc) is 3.17. The predicted molar refractivity (Wildman–Crippen MR) is 117 cm³/mol. The highest BCUT2D eigenvalue weighted by Gasteiger charge is 2.20. The van der Waals surface area contributed by atoms with Crippen LogP contribution in [0.3, 0.4) is 0 Å². The quantitative estimate of drug-likeness (QED) is 0.333. The van der Waals surface area contributed by atoms with Crippen LogP contribution in [0.5, 0.6) is 0 Å². The number of hydrogen-bond donors (Lipinski definition) is 1. The highest BCUT2D eigenvalue weighted by Crippen LogP contribution is 2.31. The minimum Gasteiger partial charge on any atom is -0.322 e. The summed E-state index contributed by atoms with van der Waals surface area (Å²) in [5.74, 6) is -0.685. The molecule has 1 N–H and O–H groups in total. The van der Waals surface area contributed by atoms with Crippen LogP contribution in [0.2, 0.25) is 0 Å². The van der Waals surface area contributed by atoms with Crippen molar-refractivity contribution in [1.82, 2.24) is 4.98 Å². The van der Waals surface area contributed by atoms with Gasteiger partial charge in [-0.2, -0.15) is 0 Å². The Morgan fingerprint density at radius 1 is 0.935 bits per heavy atom. The van der Waals surface area contributed by atoms with Crippen LogP contribution in [-0.4, -0.2) is 20.7 Å². The molecule has 4 aromatic rings. The van der Waals surface area contributed by atoms with E-state index in [4.69, 9.17) is 0 Å². The SMILES string of the molecule is Cc1ccc2sc(-c3ccc(NC(=O)c4cc([N+](=O)[O-])cc([N+](=O)[O-])c4)cc3)nc2c1. The molecule has 1 amide bonds. The van der Waals surface area contributed by atoms with E-state index in [-0.39, 0.29) is 5.56 Å². The van der Waals surface area contributed by atoms with Crippen molar-refractivity contribution < 1.29 is 14.6 Å². The Morgan fingerprint density at radius 2 is 1.58 bits per heavy atom. The summed E-state index contributed by atoms with van der Waals surface area (Å²) in [6.07, 6.45) is 0. The fourth-order valence-electron chi connectivity index (χ4n) is 3.00. The number of nitrogens with zero attached hydrogens (tertiary/aromatic N) is 3. The molecule has 0 unspecified atom stereocenters. The van der Waals surface area contributed by atoms with Gasteiger partial charge in [0, 0.05) is 23.4 Å². The fourth-order valence-corrected chi connectivity index (χ4v) is 3.95. The van der Waals surface area contributed by atoms with Crippen molar-refractivity contribution in [3.8, 4) is 10.6 Å². The summed E-state index contributed by atoms with van der Waals surface area (Å²) in [4.78, 5) is 37.6. The van der Waals surface area contributed by atoms with E-state index < -0.39 is 27.1 Å². The third kappa shape index (κ3) is 4.23. The van der Waals surface area contributed by atoms with Gasteiger partial charge >= 0.3 is 0 Å². The smallest absolute Gasteiger partial charge is 0.277 e. The lowest BCUT2D eigenvalue weighted by molar-refractivity contribution is -0.394. The highest BCUT2D eigenvalue weighted by atomic mass is 32.1. The number of amides is 1. The molecule has 10 heteroatoms. The Morgan fingerprint density at radius 3 is 2.19 bits per heavy atom. The van der Waals surface area contributed by atoms with Gasteiger partial charge in [-0.05, 0) is 48.9 Å². The minimum absolute atomic E-state index is 0.175. The number of carbonyl (C=O) groups excluding carboxylic acids is 1. The molecule has 1 heterocycles. The zero-order valence-corrected chi connectivity index (χ0v) is 16.9. The largest absolute Gasteiger partial charge is 0.322 e. The number of aryl methyl sites for hydroxylation is 1. The Hall–Kier alpha value is -4.18. The molecule has 0 aliphatic heterocycles. The van der Waals surface area contributed by atoms with Gasteiger partial charge < -0.3 is 5.32 Å². The average molecular weight is 434 g/mol. The number of thiazole rings is 1. The first-order valence-electron chi connectivity index (χ1n) is 9.03. The second kappa shape index (κ2) is 7.92. The van der Waals surface area contributed by atoms with E-state index in [2.05, 4.69) is 10.3 Å². The van der Waals surface area contributed by atoms with E-state index in [1.165, 1.54) is 0 Å². The summed E-state index contributed by atoms with van der Waals surface area (Å²) in [5.41, 5.74) is 2.14. The number of nitro groups is 2. The summed E-state index contributed by atoms with van der Waals surface area (Å²) >= 11 is 1.56. The topological polar surface area (TPSA) is 128 Å². The van der Waals surface area contributed by atoms with Crippen LogP contribution in [0.15, 0.2) is 60.7 Å². The van der Waals surface area contributed by atoms with Gasteiger partial charge in [-0.3, -0.25) is 25.0 Å². The van der Waals surface area contributed by atoms with E-state index in [0.29, 0.717) is 5.69 Å². The second-order valence-electron chi connectivity index (χ2n) is 6.77. The van der Waals surface area contributed by atoms with Crippen molar-refractivity contribution >= 4 is 44.5 Å². The molecular weight excluding hydrogens is 420 g/mol. The van der Waals surface area contributed by atoms with Crippen LogP contribution >= 0.6 is 11.3 Å². The van der Waals surface area contributed by atoms with Crippen LogP contribution in [0.4, 0.5) is 17.1 Å². The van der Waals surface area contributed by atoms with Gasteiger partial charge in [0.1, 0.15) is 5.01 Å². The van der Waals surface area contributed by atoms with Crippen molar-refractivity contribution in [2.45, 2.75) is 6.92 Å². The van der Waals surface area contributed by atoms with Crippen molar-refractivity contribution in [2.75, 3.05) is 5.32 Å². The predicted octanol–water partition coefficient (Wildman–Crippen LogP) is 5.34. The summed E-state index contributed by atoms with van der Waals surface area (Å²) in [5, 5.41) is 25.5. The fraction of sp³-hybridized carbons (Fsp3) is 0.0476. The van der Waals surface area contributed by atoms with Gasteiger partial charge in [0.2, 0.25) is 0 Å². The van der Waals surface area contributed by atoms with Gasteiger partial charge in [0.25, 0.3) is 17.3 Å². The summed E-state index contributed by atoms with van der Waals surface area (Å²) in [6.45, 7) is 2.01. The zero-order valence-electron chi connectivity index (χ0n) is 16.1. The Balaban J connectivity index is 1.56. The maximum Gasteiger partial charge on any atom is 0.277 e. The van der Waals surface area contributed by atoms with Gasteiger partial charge in [0.15, 0.2) is 0 Å². The number of rotatable bonds is 5. The molecule has 1 aromatic heterocycles. The number of hydrogen-bond acceptors (Lipinski definition) is 7. The van der Waals surface area contributed by atoms with Crippen LogP contribution in [0.1, 0.15) is 15.9 Å². The molecule has 9 nitrogen and oxygen atoms in total. The third-order valence-electron chi connectivity index (χ3n) is 4.52. The lowest BCUT2D eigenvalue weighted by atomic mass is 10.1. The number of nitrogens with one attached hydrogen (secondary N) is 1. The number of fused-ring (bicyclic) bond motifs is 1. The molecule has 0 aliphatic carbocycles. The van der Waals surface area contributed by atoms with Gasteiger partial charge in [-0.1, -0.05) is 6.07 Å². The molecule has 4 rings (SSSR count). The van der Waals surface area contributed by atoms with E-state index in [0.717, 1.165) is 44.6 Å². The third-order valence-corrected chi connectivity index (χ3v) is 5.60. The first kappa shape index (κ1) is 20.1. The summed E-state index contributed by atoms with van der Waals surface area (Å²) in [7, 11) is 0. The monoisotopic (exact) mass is 434 g/mol. The van der Waals surface area contributed by atoms with Gasteiger partial charge in [0.05, 0.1) is 31.7 Å². The normalized spacial score (nSPS) is 10.7. The zero-order chi connectivity index (χ0) is 22.1. The molecular formula is C21H14N4O5S. The standard InChI is InChI=1S/C21H14N4O5S/c1-12-2-7-19-18(8-12)23-21(31-19)13-3-5-15(6-4-13)22-20(26)14-9-16(24(27)28)11-17(10-14)25(29)30/h2-11H,1H3,(H,22,26). The van der Waals surface area contributed by atoms with Gasteiger partial charge in [-0.25, -0.2) is 4.98 Å². The Bertz CT molecular complexity index is 1320. The van der Waals surface area contributed by atoms with Crippen molar-refractivity contribution in [2.24, 2.45) is 0 Å². The summed E-state index contributed by atoms with van der Waals surface area (Å²) in [6, 6.07) is 15.8. The first-order chi connectivity index (χ1) is 14.8. The highest BCUT2D eigenvalue weighted by molar-refractivity contribution is 7.21. The molecule has 0 fully saturated rings. The number of anilines is 1. The maximum absolute atomic E-state index is 12.5. The molecule has 3 aromatic carbocycles.